The van der Waals surface area contributed by atoms with E-state index in [1.165, 1.54) is 6.07 Å². The summed E-state index contributed by atoms with van der Waals surface area (Å²) in [5.74, 6) is -0.297. The zero-order valence-electron chi connectivity index (χ0n) is 13.0. The fourth-order valence-electron chi connectivity index (χ4n) is 2.94. The van der Waals surface area contributed by atoms with Crippen LogP contribution in [0.5, 0.6) is 0 Å². The average molecular weight is 312 g/mol. The number of ketones is 1. The summed E-state index contributed by atoms with van der Waals surface area (Å²) < 4.78 is 19.3. The van der Waals surface area contributed by atoms with Gasteiger partial charge in [0.15, 0.2) is 5.78 Å². The van der Waals surface area contributed by atoms with Crippen molar-refractivity contribution < 1.29 is 13.9 Å². The number of anilines is 1. The van der Waals surface area contributed by atoms with Gasteiger partial charge in [-0.25, -0.2) is 4.39 Å². The van der Waals surface area contributed by atoms with Crippen LogP contribution in [0.25, 0.3) is 0 Å². The van der Waals surface area contributed by atoms with Crippen molar-refractivity contribution in [1.29, 1.82) is 0 Å². The third kappa shape index (κ3) is 3.59. The van der Waals surface area contributed by atoms with E-state index in [2.05, 4.69) is 6.07 Å². The fourth-order valence-corrected chi connectivity index (χ4v) is 2.94. The lowest BCUT2D eigenvalue weighted by Gasteiger charge is -2.39. The molecule has 3 rings (SSSR count). The second-order valence-corrected chi connectivity index (χ2v) is 5.75. The Balaban J connectivity index is 1.73. The molecule has 0 spiro atoms. The third-order valence-electron chi connectivity index (χ3n) is 4.17. The summed E-state index contributed by atoms with van der Waals surface area (Å²) in [7, 11) is 0. The van der Waals surface area contributed by atoms with Crippen LogP contribution < -0.4 is 4.90 Å². The van der Waals surface area contributed by atoms with E-state index in [9.17, 15) is 9.18 Å². The van der Waals surface area contributed by atoms with E-state index in [4.69, 9.17) is 4.74 Å². The van der Waals surface area contributed by atoms with Gasteiger partial charge in [0.1, 0.15) is 11.9 Å². The Morgan fingerprint density at radius 3 is 2.74 bits per heavy atom. The Labute approximate surface area is 135 Å². The van der Waals surface area contributed by atoms with Gasteiger partial charge in [-0.2, -0.15) is 0 Å². The minimum Gasteiger partial charge on any atom is -0.365 e. The Morgan fingerprint density at radius 1 is 1.22 bits per heavy atom. The number of carbonyl (C=O) groups excluding carboxylic acids is 1. The normalized spacial score (nSPS) is 21.5. The minimum absolute atomic E-state index is 0.0982. The molecule has 23 heavy (non-hydrogen) atoms. The van der Waals surface area contributed by atoms with Gasteiger partial charge in [-0.15, -0.1) is 0 Å². The number of carbonyl (C=O) groups is 1. The molecule has 1 heterocycles. The van der Waals surface area contributed by atoms with Crippen LogP contribution in [0.15, 0.2) is 48.5 Å². The van der Waals surface area contributed by atoms with Crippen molar-refractivity contribution in [2.75, 3.05) is 11.4 Å². The van der Waals surface area contributed by atoms with Gasteiger partial charge in [0.05, 0.1) is 12.6 Å². The molecule has 119 valence electrons. The number of Topliss-reactive ketones (excluding diaryl/α,β-unsaturated/α-hetero) is 1. The van der Waals surface area contributed by atoms with E-state index in [0.717, 1.165) is 5.56 Å². The monoisotopic (exact) mass is 312 g/mol. The molecule has 1 fully saturated rings. The highest BCUT2D eigenvalue weighted by molar-refractivity contribution is 5.86. The number of benzene rings is 2. The van der Waals surface area contributed by atoms with Crippen molar-refractivity contribution in [2.24, 2.45) is 0 Å². The molecule has 0 amide bonds. The van der Waals surface area contributed by atoms with E-state index in [-0.39, 0.29) is 11.8 Å². The largest absolute Gasteiger partial charge is 0.365 e. The Kier molecular flexibility index (Phi) is 4.72. The van der Waals surface area contributed by atoms with Crippen molar-refractivity contribution in [3.8, 4) is 0 Å². The van der Waals surface area contributed by atoms with Crippen LogP contribution in [-0.2, 0) is 16.1 Å². The summed E-state index contributed by atoms with van der Waals surface area (Å²) in [6.07, 6.45) is -0.116. The molecule has 3 nitrogen and oxygen atoms in total. The van der Waals surface area contributed by atoms with Crippen molar-refractivity contribution in [3.63, 3.8) is 0 Å². The van der Waals surface area contributed by atoms with Gasteiger partial charge in [0.25, 0.3) is 0 Å². The minimum atomic E-state index is -0.513. The zero-order valence-corrected chi connectivity index (χ0v) is 13.0. The quantitative estimate of drug-likeness (QED) is 0.867. The molecule has 1 aliphatic rings. The van der Waals surface area contributed by atoms with E-state index in [1.807, 2.05) is 48.2 Å². The summed E-state index contributed by atoms with van der Waals surface area (Å²) in [5, 5.41) is 0. The van der Waals surface area contributed by atoms with Crippen LogP contribution in [0.4, 0.5) is 10.1 Å². The van der Waals surface area contributed by atoms with Crippen LogP contribution in [0.2, 0.25) is 0 Å². The highest BCUT2D eigenvalue weighted by Crippen LogP contribution is 2.25. The van der Waals surface area contributed by atoms with Crippen LogP contribution >= 0.6 is 0 Å². The van der Waals surface area contributed by atoms with Gasteiger partial charge >= 0.3 is 0 Å². The van der Waals surface area contributed by atoms with E-state index in [0.29, 0.717) is 25.3 Å². The summed E-state index contributed by atoms with van der Waals surface area (Å²) in [5.41, 5.74) is 1.69. The molecule has 0 aromatic heterocycles. The van der Waals surface area contributed by atoms with E-state index < -0.39 is 11.9 Å². The molecule has 1 aliphatic heterocycles. The van der Waals surface area contributed by atoms with Gasteiger partial charge < -0.3 is 9.64 Å². The predicted octanol–water partition coefficient (Wildman–Crippen LogP) is 3.38. The standard InChI is InChI=1S/C19H19FNO2/c1-14-19(23-13-15-6-3-2-4-7-15)18(22)10-11-21(14)17-9-5-8-16(20)12-17/h2-9,14,19H,10-11,13H2,1H3. The van der Waals surface area contributed by atoms with Crippen molar-refractivity contribution in [3.05, 3.63) is 66.0 Å². The topological polar surface area (TPSA) is 29.5 Å². The first-order valence-electron chi connectivity index (χ1n) is 7.78. The number of ether oxygens (including phenoxy) is 1. The van der Waals surface area contributed by atoms with E-state index >= 15 is 0 Å². The number of hydrogen-bond acceptors (Lipinski definition) is 3. The van der Waals surface area contributed by atoms with Gasteiger partial charge in [-0.05, 0) is 24.6 Å². The second kappa shape index (κ2) is 6.92. The van der Waals surface area contributed by atoms with Gasteiger partial charge in [0, 0.05) is 24.7 Å². The molecule has 0 saturated carbocycles. The highest BCUT2D eigenvalue weighted by atomic mass is 19.1. The maximum absolute atomic E-state index is 13.4. The Bertz CT molecular complexity index is 674. The molecular weight excluding hydrogens is 293 g/mol. The number of hydrogen-bond donors (Lipinski definition) is 0. The van der Waals surface area contributed by atoms with Crippen LogP contribution in [0.1, 0.15) is 18.9 Å². The van der Waals surface area contributed by atoms with Crippen LogP contribution in [0, 0.1) is 11.9 Å². The van der Waals surface area contributed by atoms with Gasteiger partial charge in [-0.3, -0.25) is 4.79 Å². The molecule has 0 aliphatic carbocycles. The zero-order chi connectivity index (χ0) is 16.2. The lowest BCUT2D eigenvalue weighted by Crippen LogP contribution is -2.52. The van der Waals surface area contributed by atoms with E-state index in [1.54, 1.807) is 6.07 Å². The summed E-state index contributed by atoms with van der Waals surface area (Å²) in [6.45, 7) is 2.89. The summed E-state index contributed by atoms with van der Waals surface area (Å²) in [4.78, 5) is 14.2. The lowest BCUT2D eigenvalue weighted by molar-refractivity contribution is -0.134. The molecule has 2 atom stereocenters. The SMILES string of the molecule is CC1C(OCc2ccccc2)C(=O)CCN1c1[c]c(F)ccc1. The van der Waals surface area contributed by atoms with Gasteiger partial charge in [-0.1, -0.05) is 36.4 Å². The van der Waals surface area contributed by atoms with Crippen molar-refractivity contribution in [1.82, 2.24) is 0 Å². The molecule has 0 bridgehead atoms. The summed E-state index contributed by atoms with van der Waals surface area (Å²) in [6, 6.07) is 17.2. The maximum atomic E-state index is 13.4. The van der Waals surface area contributed by atoms with Crippen LogP contribution in [-0.4, -0.2) is 24.5 Å². The van der Waals surface area contributed by atoms with Crippen molar-refractivity contribution in [2.45, 2.75) is 32.1 Å². The van der Waals surface area contributed by atoms with Crippen LogP contribution in [0.3, 0.4) is 0 Å². The smallest absolute Gasteiger partial charge is 0.165 e. The third-order valence-corrected chi connectivity index (χ3v) is 4.17. The molecule has 1 radical (unpaired) electrons. The molecule has 2 unspecified atom stereocenters. The molecule has 4 heteroatoms. The molecule has 1 saturated heterocycles. The first kappa shape index (κ1) is 15.7. The Hall–Kier alpha value is -2.20. The van der Waals surface area contributed by atoms with Gasteiger partial charge in [0.2, 0.25) is 0 Å². The first-order chi connectivity index (χ1) is 11.1. The molecule has 2 aromatic rings. The lowest BCUT2D eigenvalue weighted by atomic mass is 9.97. The maximum Gasteiger partial charge on any atom is 0.165 e. The molecular formula is C19H19FNO2. The fraction of sp³-hybridized carbons (Fsp3) is 0.316. The second-order valence-electron chi connectivity index (χ2n) is 5.75. The predicted molar refractivity (Wildman–Crippen MR) is 86.7 cm³/mol. The number of rotatable bonds is 4. The molecule has 2 aromatic carbocycles. The highest BCUT2D eigenvalue weighted by Gasteiger charge is 2.35. The van der Waals surface area contributed by atoms with Crippen molar-refractivity contribution >= 4 is 11.5 Å². The number of nitrogens with zero attached hydrogens (tertiary/aromatic N) is 1. The summed E-state index contributed by atoms with van der Waals surface area (Å²) >= 11 is 0. The Morgan fingerprint density at radius 2 is 2.00 bits per heavy atom. The molecule has 0 N–H and O–H groups in total. The number of piperidine rings is 1. The first-order valence-corrected chi connectivity index (χ1v) is 7.78. The average Bonchev–Trinajstić information content (AvgIpc) is 2.55. The number of halogens is 1.